The molecule has 0 saturated carbocycles. The van der Waals surface area contributed by atoms with Gasteiger partial charge in [-0.05, 0) is 71.2 Å². The summed E-state index contributed by atoms with van der Waals surface area (Å²) >= 11 is 0. The summed E-state index contributed by atoms with van der Waals surface area (Å²) in [5.41, 5.74) is 16.6. The van der Waals surface area contributed by atoms with E-state index in [2.05, 4.69) is 73.2 Å². The highest BCUT2D eigenvalue weighted by Gasteiger charge is 2.43. The van der Waals surface area contributed by atoms with Gasteiger partial charge in [-0.1, -0.05) is 55.7 Å². The number of hydrogen-bond donors (Lipinski definition) is 3. The van der Waals surface area contributed by atoms with Crippen molar-refractivity contribution >= 4 is 12.2 Å². The van der Waals surface area contributed by atoms with Crippen molar-refractivity contribution < 1.29 is 18.0 Å². The van der Waals surface area contributed by atoms with Gasteiger partial charge in [0, 0.05) is 64.1 Å². The zero-order valence-corrected chi connectivity index (χ0v) is 30.2. The summed E-state index contributed by atoms with van der Waals surface area (Å²) in [6, 6.07) is 6.09. The van der Waals surface area contributed by atoms with Crippen LogP contribution in [0.25, 0.3) is 0 Å². The second kappa shape index (κ2) is 24.1. The van der Waals surface area contributed by atoms with Crippen molar-refractivity contribution in [2.45, 2.75) is 80.1 Å². The molecule has 2 atom stereocenters. The molecule has 2 heterocycles. The minimum absolute atomic E-state index is 0.00700. The minimum atomic E-state index is -4.86. The van der Waals surface area contributed by atoms with E-state index in [4.69, 9.17) is 11.5 Å². The van der Waals surface area contributed by atoms with Gasteiger partial charge in [-0.3, -0.25) is 19.4 Å². The number of carbonyl (C=O) groups excluding carboxylic acids is 1. The average molecular weight is 675 g/mol. The third-order valence-corrected chi connectivity index (χ3v) is 7.15. The summed E-state index contributed by atoms with van der Waals surface area (Å²) < 4.78 is 40.1. The lowest BCUT2D eigenvalue weighted by molar-refractivity contribution is -0.186. The first-order valence-corrected chi connectivity index (χ1v) is 16.1. The third-order valence-electron chi connectivity index (χ3n) is 7.15. The number of aryl methyl sites for hydroxylation is 3. The maximum absolute atomic E-state index is 12.8. The first kappa shape index (κ1) is 43.9. The molecule has 1 aromatic heterocycles. The van der Waals surface area contributed by atoms with Crippen LogP contribution in [-0.2, 0) is 11.8 Å². The number of piperazine rings is 1. The molecule has 268 valence electrons. The lowest BCUT2D eigenvalue weighted by atomic mass is 10.00. The molecule has 48 heavy (non-hydrogen) atoms. The highest BCUT2D eigenvalue weighted by atomic mass is 19.4. The number of halogens is 3. The van der Waals surface area contributed by atoms with E-state index in [-0.39, 0.29) is 19.0 Å². The van der Waals surface area contributed by atoms with Crippen molar-refractivity contribution in [3.05, 3.63) is 76.8 Å². The second-order valence-electron chi connectivity index (χ2n) is 11.3. The van der Waals surface area contributed by atoms with E-state index in [0.717, 1.165) is 33.8 Å². The Morgan fingerprint density at radius 1 is 1.19 bits per heavy atom. The third kappa shape index (κ3) is 19.6. The topological polar surface area (TPSA) is 118 Å². The monoisotopic (exact) mass is 674 g/mol. The molecule has 0 bridgehead atoms. The van der Waals surface area contributed by atoms with Gasteiger partial charge in [-0.15, -0.1) is 5.92 Å². The van der Waals surface area contributed by atoms with E-state index in [9.17, 15) is 18.0 Å². The summed E-state index contributed by atoms with van der Waals surface area (Å²) in [4.78, 5) is 18.4. The van der Waals surface area contributed by atoms with E-state index >= 15 is 0 Å². The number of nitrogens with zero attached hydrogens (tertiary/aromatic N) is 5. The van der Waals surface area contributed by atoms with Crippen molar-refractivity contribution in [2.24, 2.45) is 23.5 Å². The van der Waals surface area contributed by atoms with E-state index in [1.165, 1.54) is 12.0 Å². The Balaban J connectivity index is 0.00000156. The van der Waals surface area contributed by atoms with Crippen molar-refractivity contribution in [1.82, 2.24) is 24.9 Å². The highest BCUT2D eigenvalue weighted by molar-refractivity contribution is 5.81. The fourth-order valence-corrected chi connectivity index (χ4v) is 4.31. The lowest BCUT2D eigenvalue weighted by Gasteiger charge is -2.35. The van der Waals surface area contributed by atoms with Gasteiger partial charge in [0.1, 0.15) is 6.17 Å². The van der Waals surface area contributed by atoms with Crippen LogP contribution in [0, 0.1) is 25.7 Å². The van der Waals surface area contributed by atoms with E-state index in [1.54, 1.807) is 4.68 Å². The second-order valence-corrected chi connectivity index (χ2v) is 11.3. The van der Waals surface area contributed by atoms with Crippen LogP contribution in [0.15, 0.2) is 65.0 Å². The Labute approximate surface area is 286 Å². The van der Waals surface area contributed by atoms with Crippen molar-refractivity contribution in [3.63, 3.8) is 0 Å². The SMILES string of the molecule is C/C=C(/C)CC.CC#C/C=C\C.Cc1ccc(C(C)/C=C(/CN2CCN(C(=O)C(F)(F)F)CC2)NCC(N)/N=C\N)cc(C)nn(C)c1. The van der Waals surface area contributed by atoms with Gasteiger partial charge in [-0.25, -0.2) is 0 Å². The molecule has 1 amide bonds. The molecule has 1 saturated heterocycles. The fraction of sp³-hybridized carbons (Fsp3) is 0.528. The lowest BCUT2D eigenvalue weighted by Crippen LogP contribution is -2.53. The molecule has 2 rings (SSSR count). The van der Waals surface area contributed by atoms with Gasteiger partial charge in [0.15, 0.2) is 0 Å². The Bertz CT molecular complexity index is 1340. The number of amides is 1. The molecule has 1 aromatic rings. The number of hydrogen-bond acceptors (Lipinski definition) is 6. The molecule has 2 unspecified atom stereocenters. The normalized spacial score (nSPS) is 15.3. The zero-order chi connectivity index (χ0) is 36.7. The Morgan fingerprint density at radius 2 is 1.83 bits per heavy atom. The van der Waals surface area contributed by atoms with Gasteiger partial charge in [0.25, 0.3) is 0 Å². The van der Waals surface area contributed by atoms with Crippen LogP contribution in [0.4, 0.5) is 13.2 Å². The maximum atomic E-state index is 12.8. The van der Waals surface area contributed by atoms with Crippen LogP contribution < -0.4 is 16.8 Å². The average Bonchev–Trinajstić information content (AvgIpc) is 3.10. The molecule has 0 radical (unpaired) electrons. The molecular weight excluding hydrogens is 617 g/mol. The number of alkyl halides is 3. The van der Waals surface area contributed by atoms with Gasteiger partial charge < -0.3 is 21.7 Å². The first-order valence-electron chi connectivity index (χ1n) is 16.1. The van der Waals surface area contributed by atoms with Gasteiger partial charge in [0.05, 0.1) is 12.0 Å². The van der Waals surface area contributed by atoms with Crippen LogP contribution in [0.3, 0.4) is 0 Å². The molecular formula is C36H57F3N8O. The van der Waals surface area contributed by atoms with Crippen LogP contribution in [-0.4, -0.2) is 83.4 Å². The highest BCUT2D eigenvalue weighted by Crippen LogP contribution is 2.21. The predicted octanol–water partition coefficient (Wildman–Crippen LogP) is 5.67. The van der Waals surface area contributed by atoms with Crippen LogP contribution in [0.1, 0.15) is 70.7 Å². The Morgan fingerprint density at radius 3 is 2.31 bits per heavy atom. The van der Waals surface area contributed by atoms with Gasteiger partial charge >= 0.3 is 12.1 Å². The molecule has 5 N–H and O–H groups in total. The molecule has 1 aliphatic rings. The standard InChI is InChI=1S/C24H37F3N8O.C6H12.C6H8/c1-17-5-6-20(12-19(3)32-33(4)14-17)18(2)11-21(30-13-22(29)31-16-28)15-34-7-9-35(10-8-34)23(36)24(25,26)27;1-4-6(3)5-2;1-3-5-6-4-2/h5-6,11-12,14,16,18,22,30H,7-10,13,15,29H2,1-4H3,(H2,28,31);4H,5H2,1-3H3;3,5H,1-2H3/b6-5?,17-14?,20-12?,21-11-,32-19?;6-4-;5-3-. The van der Waals surface area contributed by atoms with Crippen LogP contribution in [0.2, 0.25) is 0 Å². The maximum Gasteiger partial charge on any atom is 0.471 e. The quantitative estimate of drug-likeness (QED) is 0.135. The zero-order valence-electron chi connectivity index (χ0n) is 30.2. The Kier molecular flexibility index (Phi) is 22.1. The number of aliphatic imine (C=N–C) groups is 1. The molecule has 9 nitrogen and oxygen atoms in total. The first-order chi connectivity index (χ1) is 22.6. The van der Waals surface area contributed by atoms with Gasteiger partial charge in [0.2, 0.25) is 0 Å². The number of aromatic nitrogens is 2. The summed E-state index contributed by atoms with van der Waals surface area (Å²) in [5, 5.41) is 7.84. The molecule has 1 aliphatic heterocycles. The van der Waals surface area contributed by atoms with E-state index in [1.807, 2.05) is 70.1 Å². The Hall–Kier alpha value is -4.08. The summed E-state index contributed by atoms with van der Waals surface area (Å²) in [6.45, 7) is 17.6. The predicted molar refractivity (Wildman–Crippen MR) is 193 cm³/mol. The summed E-state index contributed by atoms with van der Waals surface area (Å²) in [5.74, 6) is 3.70. The molecule has 1 fully saturated rings. The number of nitrogens with two attached hydrogens (primary N) is 2. The van der Waals surface area contributed by atoms with Crippen molar-refractivity contribution in [1.29, 1.82) is 0 Å². The van der Waals surface area contributed by atoms with E-state index < -0.39 is 18.2 Å². The van der Waals surface area contributed by atoms with E-state index in [0.29, 0.717) is 26.2 Å². The number of allylic oxidation sites excluding steroid dienone is 5. The molecule has 0 aliphatic carbocycles. The number of rotatable bonds is 9. The molecule has 0 aromatic carbocycles. The summed E-state index contributed by atoms with van der Waals surface area (Å²) in [6.07, 6.45) is 6.82. The minimum Gasteiger partial charge on any atom is -0.390 e. The van der Waals surface area contributed by atoms with Crippen molar-refractivity contribution in [2.75, 3.05) is 39.3 Å². The number of carbonyl (C=O) groups is 1. The summed E-state index contributed by atoms with van der Waals surface area (Å²) in [7, 11) is 1.88. The fourth-order valence-electron chi connectivity index (χ4n) is 4.31. The van der Waals surface area contributed by atoms with Crippen molar-refractivity contribution in [3.8, 4) is 11.8 Å². The molecule has 12 heteroatoms. The van der Waals surface area contributed by atoms with Crippen LogP contribution >= 0.6 is 0 Å². The smallest absolute Gasteiger partial charge is 0.390 e. The number of nitrogens with one attached hydrogen (secondary N) is 1. The van der Waals surface area contributed by atoms with Crippen LogP contribution in [0.5, 0.6) is 0 Å². The molecule has 0 spiro atoms. The largest absolute Gasteiger partial charge is 0.471 e. The van der Waals surface area contributed by atoms with Gasteiger partial charge in [-0.2, -0.15) is 18.3 Å².